The molecule has 0 radical (unpaired) electrons. The summed E-state index contributed by atoms with van der Waals surface area (Å²) < 4.78 is 2.26. The third-order valence-corrected chi connectivity index (χ3v) is 3.39. The number of hydrogen-bond acceptors (Lipinski definition) is 4. The van der Waals surface area contributed by atoms with Gasteiger partial charge in [-0.05, 0) is 6.92 Å². The average molecular weight is 266 g/mol. The lowest BCUT2D eigenvalue weighted by Crippen LogP contribution is -2.53. The molecular formula is C12H18N4O3. The molecule has 1 aliphatic heterocycles. The van der Waals surface area contributed by atoms with Crippen LogP contribution in [0.1, 0.15) is 6.92 Å². The molecule has 19 heavy (non-hydrogen) atoms. The fourth-order valence-corrected chi connectivity index (χ4v) is 2.18. The summed E-state index contributed by atoms with van der Waals surface area (Å²) in [7, 11) is 1.40. The van der Waals surface area contributed by atoms with Crippen LogP contribution < -0.4 is 16.6 Å². The normalized spacial score (nSPS) is 19.5. The first kappa shape index (κ1) is 13.5. The number of nitrogens with one attached hydrogen (secondary N) is 1. The Labute approximate surface area is 110 Å². The van der Waals surface area contributed by atoms with Crippen LogP contribution in [0.2, 0.25) is 0 Å². The number of rotatable bonds is 2. The maximum Gasteiger partial charge on any atom is 0.331 e. The SMILES string of the molecule is C[C@H]1CNCCN1C(=O)Cn1ccc(=O)n(C)c1=O. The Bertz CT molecular complexity index is 589. The van der Waals surface area contributed by atoms with Gasteiger partial charge in [-0.3, -0.25) is 18.7 Å². The predicted octanol–water partition coefficient (Wildman–Crippen LogP) is -1.63. The number of piperazine rings is 1. The van der Waals surface area contributed by atoms with Crippen LogP contribution in [0.15, 0.2) is 21.9 Å². The van der Waals surface area contributed by atoms with Gasteiger partial charge in [0, 0.05) is 45.0 Å². The van der Waals surface area contributed by atoms with E-state index in [0.29, 0.717) is 6.54 Å². The summed E-state index contributed by atoms with van der Waals surface area (Å²) in [4.78, 5) is 37.0. The third-order valence-electron chi connectivity index (χ3n) is 3.39. The molecule has 1 atom stereocenters. The maximum absolute atomic E-state index is 12.2. The molecule has 1 aromatic heterocycles. The Morgan fingerprint density at radius 3 is 2.89 bits per heavy atom. The van der Waals surface area contributed by atoms with Gasteiger partial charge < -0.3 is 10.2 Å². The van der Waals surface area contributed by atoms with E-state index in [0.717, 1.165) is 17.7 Å². The van der Waals surface area contributed by atoms with Gasteiger partial charge in [0.2, 0.25) is 5.91 Å². The van der Waals surface area contributed by atoms with Crippen LogP contribution in [0.4, 0.5) is 0 Å². The van der Waals surface area contributed by atoms with Crippen molar-refractivity contribution in [3.05, 3.63) is 33.1 Å². The van der Waals surface area contributed by atoms with Crippen molar-refractivity contribution < 1.29 is 4.79 Å². The molecule has 1 aliphatic rings. The Hall–Kier alpha value is -1.89. The summed E-state index contributed by atoms with van der Waals surface area (Å²) in [5.41, 5.74) is -0.840. The lowest BCUT2D eigenvalue weighted by molar-refractivity contribution is -0.134. The smallest absolute Gasteiger partial charge is 0.331 e. The summed E-state index contributed by atoms with van der Waals surface area (Å²) in [6.45, 7) is 4.09. The molecule has 7 heteroatoms. The van der Waals surface area contributed by atoms with Crippen molar-refractivity contribution in [2.24, 2.45) is 7.05 Å². The summed E-state index contributed by atoms with van der Waals surface area (Å²) in [6, 6.07) is 1.40. The highest BCUT2D eigenvalue weighted by molar-refractivity contribution is 5.76. The van der Waals surface area contributed by atoms with Crippen LogP contribution in [0.5, 0.6) is 0 Å². The number of nitrogens with zero attached hydrogens (tertiary/aromatic N) is 3. The molecule has 104 valence electrons. The second-order valence-corrected chi connectivity index (χ2v) is 4.76. The number of carbonyl (C=O) groups excluding carboxylic acids is 1. The zero-order valence-corrected chi connectivity index (χ0v) is 11.1. The standard InChI is InChI=1S/C12H18N4O3/c1-9-7-13-4-6-16(9)11(18)8-15-5-3-10(17)14(2)12(15)19/h3,5,9,13H,4,6-8H2,1-2H3/t9-/m0/s1. The Morgan fingerprint density at radius 1 is 1.47 bits per heavy atom. The van der Waals surface area contributed by atoms with Crippen molar-refractivity contribution in [3.63, 3.8) is 0 Å². The maximum atomic E-state index is 12.2. The number of carbonyl (C=O) groups is 1. The van der Waals surface area contributed by atoms with E-state index in [-0.39, 0.29) is 24.1 Å². The zero-order chi connectivity index (χ0) is 14.0. The van der Waals surface area contributed by atoms with Crippen molar-refractivity contribution in [2.75, 3.05) is 19.6 Å². The van der Waals surface area contributed by atoms with Crippen molar-refractivity contribution in [1.29, 1.82) is 0 Å². The van der Waals surface area contributed by atoms with E-state index in [1.54, 1.807) is 4.90 Å². The van der Waals surface area contributed by atoms with Crippen molar-refractivity contribution >= 4 is 5.91 Å². The first-order chi connectivity index (χ1) is 9.00. The highest BCUT2D eigenvalue weighted by atomic mass is 16.2. The van der Waals surface area contributed by atoms with E-state index in [1.807, 2.05) is 6.92 Å². The number of amides is 1. The lowest BCUT2D eigenvalue weighted by atomic mass is 10.2. The van der Waals surface area contributed by atoms with Crippen LogP contribution in [0.25, 0.3) is 0 Å². The van der Waals surface area contributed by atoms with Crippen LogP contribution in [-0.4, -0.2) is 45.6 Å². The average Bonchev–Trinajstić information content (AvgIpc) is 2.40. The predicted molar refractivity (Wildman–Crippen MR) is 70.0 cm³/mol. The molecule has 0 aliphatic carbocycles. The topological polar surface area (TPSA) is 76.3 Å². The monoisotopic (exact) mass is 266 g/mol. The van der Waals surface area contributed by atoms with Gasteiger partial charge in [-0.2, -0.15) is 0 Å². The molecule has 0 saturated carbocycles. The minimum Gasteiger partial charge on any atom is -0.336 e. The minimum atomic E-state index is -0.469. The Kier molecular flexibility index (Phi) is 3.84. The molecule has 2 heterocycles. The highest BCUT2D eigenvalue weighted by Crippen LogP contribution is 2.03. The summed E-state index contributed by atoms with van der Waals surface area (Å²) in [5.74, 6) is -0.102. The molecule has 7 nitrogen and oxygen atoms in total. The summed E-state index contributed by atoms with van der Waals surface area (Å²) in [6.07, 6.45) is 1.37. The van der Waals surface area contributed by atoms with Crippen LogP contribution in [0.3, 0.4) is 0 Å². The van der Waals surface area contributed by atoms with Gasteiger partial charge in [0.05, 0.1) is 0 Å². The van der Waals surface area contributed by atoms with E-state index in [9.17, 15) is 14.4 Å². The molecule has 1 saturated heterocycles. The molecule has 0 bridgehead atoms. The Balaban J connectivity index is 2.17. The molecule has 1 aromatic rings. The number of aromatic nitrogens is 2. The van der Waals surface area contributed by atoms with Crippen molar-refractivity contribution in [3.8, 4) is 0 Å². The largest absolute Gasteiger partial charge is 0.336 e. The van der Waals surface area contributed by atoms with E-state index in [4.69, 9.17) is 0 Å². The van der Waals surface area contributed by atoms with Gasteiger partial charge in [0.25, 0.3) is 5.56 Å². The Morgan fingerprint density at radius 2 is 2.21 bits per heavy atom. The first-order valence-corrected chi connectivity index (χ1v) is 6.27. The van der Waals surface area contributed by atoms with Crippen molar-refractivity contribution in [2.45, 2.75) is 19.5 Å². The zero-order valence-electron chi connectivity index (χ0n) is 11.1. The molecule has 1 N–H and O–H groups in total. The second kappa shape index (κ2) is 5.40. The van der Waals surface area contributed by atoms with Crippen LogP contribution >= 0.6 is 0 Å². The van der Waals surface area contributed by atoms with Crippen molar-refractivity contribution in [1.82, 2.24) is 19.4 Å². The van der Waals surface area contributed by atoms with E-state index in [2.05, 4.69) is 5.32 Å². The molecule has 1 amide bonds. The van der Waals surface area contributed by atoms with E-state index < -0.39 is 5.69 Å². The lowest BCUT2D eigenvalue weighted by Gasteiger charge is -2.34. The molecule has 0 aromatic carbocycles. The second-order valence-electron chi connectivity index (χ2n) is 4.76. The summed E-state index contributed by atoms with van der Waals surface area (Å²) >= 11 is 0. The first-order valence-electron chi connectivity index (χ1n) is 6.27. The van der Waals surface area contributed by atoms with E-state index >= 15 is 0 Å². The van der Waals surface area contributed by atoms with Gasteiger partial charge in [-0.15, -0.1) is 0 Å². The fourth-order valence-electron chi connectivity index (χ4n) is 2.18. The van der Waals surface area contributed by atoms with Gasteiger partial charge in [0.15, 0.2) is 0 Å². The number of hydrogen-bond donors (Lipinski definition) is 1. The fraction of sp³-hybridized carbons (Fsp3) is 0.583. The van der Waals surface area contributed by atoms with Gasteiger partial charge in [-0.25, -0.2) is 4.79 Å². The molecule has 2 rings (SSSR count). The molecule has 0 unspecified atom stereocenters. The van der Waals surface area contributed by atoms with Crippen LogP contribution in [-0.2, 0) is 18.4 Å². The van der Waals surface area contributed by atoms with Gasteiger partial charge in [0.1, 0.15) is 6.54 Å². The highest BCUT2D eigenvalue weighted by Gasteiger charge is 2.23. The third kappa shape index (κ3) is 2.76. The summed E-state index contributed by atoms with van der Waals surface area (Å²) in [5, 5.41) is 3.20. The molecular weight excluding hydrogens is 248 g/mol. The molecule has 0 spiro atoms. The van der Waals surface area contributed by atoms with Gasteiger partial charge in [-0.1, -0.05) is 0 Å². The quantitative estimate of drug-likeness (QED) is 0.697. The van der Waals surface area contributed by atoms with E-state index in [1.165, 1.54) is 23.9 Å². The molecule has 1 fully saturated rings. The minimum absolute atomic E-state index is 0.0305. The van der Waals surface area contributed by atoms with Crippen LogP contribution in [0, 0.1) is 0 Å². The van der Waals surface area contributed by atoms with Gasteiger partial charge >= 0.3 is 5.69 Å².